The summed E-state index contributed by atoms with van der Waals surface area (Å²) in [5, 5.41) is 0.173. The van der Waals surface area contributed by atoms with Crippen LogP contribution in [0.2, 0.25) is 5.02 Å². The fraction of sp³-hybridized carbons (Fsp3) is 0.480. The second-order valence-electron chi connectivity index (χ2n) is 8.98. The molecule has 2 aromatic rings. The fourth-order valence-electron chi connectivity index (χ4n) is 4.50. The number of rotatable bonds is 8. The Morgan fingerprint density at radius 3 is 2.38 bits per heavy atom. The molecule has 1 N–H and O–H groups in total. The van der Waals surface area contributed by atoms with Gasteiger partial charge >= 0.3 is 0 Å². The average molecular weight is 506 g/mol. The Morgan fingerprint density at radius 1 is 1.00 bits per heavy atom. The summed E-state index contributed by atoms with van der Waals surface area (Å²) in [5.74, 6) is 0.195. The summed E-state index contributed by atoms with van der Waals surface area (Å²) in [4.78, 5) is 16.9. The van der Waals surface area contributed by atoms with Crippen molar-refractivity contribution in [2.45, 2.75) is 49.6 Å². The van der Waals surface area contributed by atoms with Gasteiger partial charge in [0.15, 0.2) is 6.61 Å². The zero-order chi connectivity index (χ0) is 24.0. The van der Waals surface area contributed by atoms with Crippen LogP contribution in [0.4, 0.5) is 0 Å². The van der Waals surface area contributed by atoms with Crippen molar-refractivity contribution in [1.82, 2.24) is 14.5 Å². The van der Waals surface area contributed by atoms with Crippen molar-refractivity contribution in [1.29, 1.82) is 0 Å². The summed E-state index contributed by atoms with van der Waals surface area (Å²) in [6, 6.07) is 14.6. The maximum Gasteiger partial charge on any atom is 0.260 e. The van der Waals surface area contributed by atoms with Gasteiger partial charge in [0, 0.05) is 38.8 Å². The zero-order valence-corrected chi connectivity index (χ0v) is 20.9. The van der Waals surface area contributed by atoms with Gasteiger partial charge in [0.2, 0.25) is 10.0 Å². The first-order valence-corrected chi connectivity index (χ1v) is 13.8. The Hall–Kier alpha value is -2.13. The van der Waals surface area contributed by atoms with Crippen molar-refractivity contribution in [3.05, 3.63) is 59.1 Å². The third-order valence-corrected chi connectivity index (χ3v) is 8.28. The molecule has 1 saturated heterocycles. The third-order valence-electron chi connectivity index (χ3n) is 6.47. The minimum atomic E-state index is -3.65. The van der Waals surface area contributed by atoms with Gasteiger partial charge in [-0.1, -0.05) is 61.2 Å². The van der Waals surface area contributed by atoms with E-state index in [-0.39, 0.29) is 28.5 Å². The number of hydrogen-bond donors (Lipinski definition) is 1. The van der Waals surface area contributed by atoms with Crippen LogP contribution in [0.3, 0.4) is 0 Å². The maximum atomic E-state index is 12.7. The van der Waals surface area contributed by atoms with E-state index in [2.05, 4.69) is 21.8 Å². The second-order valence-corrected chi connectivity index (χ2v) is 11.1. The fourth-order valence-corrected chi connectivity index (χ4v) is 6.13. The van der Waals surface area contributed by atoms with Crippen LogP contribution in [0.5, 0.6) is 5.75 Å². The lowest BCUT2D eigenvalue weighted by atomic mass is 9.96. The highest BCUT2D eigenvalue weighted by molar-refractivity contribution is 7.89. The summed E-state index contributed by atoms with van der Waals surface area (Å²) >= 11 is 6.29. The Labute approximate surface area is 207 Å². The summed E-state index contributed by atoms with van der Waals surface area (Å²) in [7, 11) is -3.65. The Kier molecular flexibility index (Phi) is 8.47. The molecule has 9 heteroatoms. The van der Waals surface area contributed by atoms with E-state index in [0.717, 1.165) is 51.7 Å². The van der Waals surface area contributed by atoms with Gasteiger partial charge in [0.25, 0.3) is 5.91 Å². The third kappa shape index (κ3) is 6.72. The molecule has 2 aromatic carbocycles. The smallest absolute Gasteiger partial charge is 0.260 e. The van der Waals surface area contributed by atoms with Crippen LogP contribution in [0.1, 0.15) is 37.7 Å². The minimum Gasteiger partial charge on any atom is -0.482 e. The van der Waals surface area contributed by atoms with Gasteiger partial charge in [-0.2, -0.15) is 0 Å². The molecular weight excluding hydrogens is 474 g/mol. The normalized spacial score (nSPS) is 18.1. The monoisotopic (exact) mass is 505 g/mol. The number of hydrogen-bond acceptors (Lipinski definition) is 5. The zero-order valence-electron chi connectivity index (χ0n) is 19.3. The van der Waals surface area contributed by atoms with E-state index in [0.29, 0.717) is 18.8 Å². The van der Waals surface area contributed by atoms with Crippen LogP contribution in [0.25, 0.3) is 0 Å². The molecule has 0 spiro atoms. The molecule has 1 saturated carbocycles. The predicted octanol–water partition coefficient (Wildman–Crippen LogP) is 3.67. The Balaban J connectivity index is 1.26. The van der Waals surface area contributed by atoms with Crippen molar-refractivity contribution in [3.63, 3.8) is 0 Å². The van der Waals surface area contributed by atoms with Crippen molar-refractivity contribution in [3.8, 4) is 5.75 Å². The van der Waals surface area contributed by atoms with Crippen LogP contribution in [-0.4, -0.2) is 63.0 Å². The average Bonchev–Trinajstić information content (AvgIpc) is 2.84. The molecule has 0 aromatic heterocycles. The topological polar surface area (TPSA) is 78.9 Å². The van der Waals surface area contributed by atoms with Crippen LogP contribution >= 0.6 is 11.6 Å². The summed E-state index contributed by atoms with van der Waals surface area (Å²) in [6.07, 6.45) is 4.94. The van der Waals surface area contributed by atoms with E-state index in [1.54, 1.807) is 4.90 Å². The van der Waals surface area contributed by atoms with Gasteiger partial charge in [0.1, 0.15) is 5.75 Å². The number of nitrogens with zero attached hydrogens (tertiary/aromatic N) is 2. The quantitative estimate of drug-likeness (QED) is 0.592. The molecule has 0 unspecified atom stereocenters. The van der Waals surface area contributed by atoms with E-state index in [9.17, 15) is 13.2 Å². The SMILES string of the molecule is O=C(COc1ccc(S(=O)(=O)NC2CCCCC2)cc1Cl)N1CCN(Cc2ccccc2)CC1. The molecule has 0 radical (unpaired) electrons. The van der Waals surface area contributed by atoms with Crippen molar-refractivity contribution >= 4 is 27.5 Å². The minimum absolute atomic E-state index is 0.0285. The second kappa shape index (κ2) is 11.5. The highest BCUT2D eigenvalue weighted by Crippen LogP contribution is 2.28. The van der Waals surface area contributed by atoms with E-state index in [1.807, 2.05) is 18.2 Å². The standard InChI is InChI=1S/C25H32ClN3O4S/c26-23-17-22(34(31,32)27-21-9-5-2-6-10-21)11-12-24(23)33-19-25(30)29-15-13-28(14-16-29)18-20-7-3-1-4-8-20/h1,3-4,7-8,11-12,17,21,27H,2,5-6,9-10,13-16,18-19H2. The molecule has 2 fully saturated rings. The number of piperazine rings is 1. The van der Waals surface area contributed by atoms with Crippen LogP contribution in [0, 0.1) is 0 Å². The number of halogens is 1. The summed E-state index contributed by atoms with van der Waals surface area (Å²) < 4.78 is 33.8. The van der Waals surface area contributed by atoms with E-state index in [1.165, 1.54) is 23.8 Å². The summed E-state index contributed by atoms with van der Waals surface area (Å²) in [6.45, 7) is 3.65. The molecule has 7 nitrogen and oxygen atoms in total. The number of amides is 1. The molecule has 184 valence electrons. The van der Waals surface area contributed by atoms with Crippen molar-refractivity contribution in [2.24, 2.45) is 0 Å². The largest absolute Gasteiger partial charge is 0.482 e. The first-order valence-electron chi connectivity index (χ1n) is 11.9. The van der Waals surface area contributed by atoms with Gasteiger partial charge in [-0.05, 0) is 36.6 Å². The van der Waals surface area contributed by atoms with E-state index in [4.69, 9.17) is 16.3 Å². The van der Waals surface area contributed by atoms with Crippen molar-refractivity contribution in [2.75, 3.05) is 32.8 Å². The Bertz CT molecular complexity index is 1070. The van der Waals surface area contributed by atoms with Crippen LogP contribution in [0.15, 0.2) is 53.4 Å². The number of sulfonamides is 1. The van der Waals surface area contributed by atoms with Gasteiger partial charge in [-0.25, -0.2) is 13.1 Å². The molecule has 34 heavy (non-hydrogen) atoms. The van der Waals surface area contributed by atoms with E-state index < -0.39 is 10.0 Å². The van der Waals surface area contributed by atoms with Gasteiger partial charge in [-0.15, -0.1) is 0 Å². The predicted molar refractivity (Wildman–Crippen MR) is 132 cm³/mol. The van der Waals surface area contributed by atoms with Gasteiger partial charge < -0.3 is 9.64 Å². The molecule has 1 aliphatic heterocycles. The maximum absolute atomic E-state index is 12.7. The molecule has 0 atom stereocenters. The van der Waals surface area contributed by atoms with Gasteiger partial charge in [-0.3, -0.25) is 9.69 Å². The van der Waals surface area contributed by atoms with E-state index >= 15 is 0 Å². The molecular formula is C25H32ClN3O4S. The Morgan fingerprint density at radius 2 is 1.71 bits per heavy atom. The number of nitrogens with one attached hydrogen (secondary N) is 1. The summed E-state index contributed by atoms with van der Waals surface area (Å²) in [5.41, 5.74) is 1.26. The molecule has 4 rings (SSSR count). The van der Waals surface area contributed by atoms with Crippen LogP contribution < -0.4 is 9.46 Å². The first kappa shape index (κ1) is 25.0. The molecule has 1 heterocycles. The van der Waals surface area contributed by atoms with Crippen molar-refractivity contribution < 1.29 is 17.9 Å². The number of ether oxygens (including phenoxy) is 1. The number of benzene rings is 2. The van der Waals surface area contributed by atoms with Gasteiger partial charge in [0.05, 0.1) is 9.92 Å². The molecule has 2 aliphatic rings. The number of carbonyl (C=O) groups excluding carboxylic acids is 1. The molecule has 1 amide bonds. The van der Waals surface area contributed by atoms with Crippen LogP contribution in [-0.2, 0) is 21.4 Å². The highest BCUT2D eigenvalue weighted by atomic mass is 35.5. The number of carbonyl (C=O) groups is 1. The molecule has 0 bridgehead atoms. The molecule has 1 aliphatic carbocycles. The first-order chi connectivity index (χ1) is 16.4. The highest BCUT2D eigenvalue weighted by Gasteiger charge is 2.24. The lowest BCUT2D eigenvalue weighted by Gasteiger charge is -2.34. The lowest BCUT2D eigenvalue weighted by molar-refractivity contribution is -0.135. The lowest BCUT2D eigenvalue weighted by Crippen LogP contribution is -2.49.